The van der Waals surface area contributed by atoms with Crippen LogP contribution in [0.5, 0.6) is 0 Å². The zero-order chi connectivity index (χ0) is 13.5. The van der Waals surface area contributed by atoms with Crippen molar-refractivity contribution >= 4 is 17.4 Å². The van der Waals surface area contributed by atoms with Gasteiger partial charge in [-0.05, 0) is 18.9 Å². The molecule has 0 bridgehead atoms. The van der Waals surface area contributed by atoms with Gasteiger partial charge >= 0.3 is 5.97 Å². The van der Waals surface area contributed by atoms with E-state index in [1.165, 1.54) is 7.11 Å². The smallest absolute Gasteiger partial charge is 0.305 e. The number of ether oxygens (including phenoxy) is 1. The molecule has 0 saturated heterocycles. The number of esters is 1. The van der Waals surface area contributed by atoms with E-state index in [1.807, 2.05) is 18.3 Å². The number of fused-ring (bicyclic) bond motifs is 1. The topological polar surface area (TPSA) is 68.5 Å². The highest BCUT2D eigenvalue weighted by molar-refractivity contribution is 5.68. The summed E-state index contributed by atoms with van der Waals surface area (Å²) in [5.41, 5.74) is 0.829. The van der Waals surface area contributed by atoms with Crippen LogP contribution in [-0.4, -0.2) is 34.2 Å². The van der Waals surface area contributed by atoms with Gasteiger partial charge in [-0.1, -0.05) is 6.42 Å². The maximum Gasteiger partial charge on any atom is 0.305 e. The normalized spacial score (nSPS) is 10.6. The van der Waals surface area contributed by atoms with Gasteiger partial charge in [0.15, 0.2) is 5.65 Å². The van der Waals surface area contributed by atoms with Crippen molar-refractivity contribution < 1.29 is 9.53 Å². The highest BCUT2D eigenvalue weighted by atomic mass is 16.5. The molecule has 6 heteroatoms. The fourth-order valence-electron chi connectivity index (χ4n) is 1.80. The van der Waals surface area contributed by atoms with E-state index >= 15 is 0 Å². The minimum absolute atomic E-state index is 0.138. The number of unbranched alkanes of at least 4 members (excludes halogenated alkanes) is 2. The predicted molar refractivity (Wildman–Crippen MR) is 72.0 cm³/mol. The average molecular weight is 262 g/mol. The van der Waals surface area contributed by atoms with Crippen LogP contribution >= 0.6 is 0 Å². The van der Waals surface area contributed by atoms with Crippen LogP contribution in [0.25, 0.3) is 5.65 Å². The van der Waals surface area contributed by atoms with Crippen LogP contribution < -0.4 is 5.32 Å². The van der Waals surface area contributed by atoms with Crippen LogP contribution in [0.15, 0.2) is 24.5 Å². The SMILES string of the molecule is COC(=O)CCCCCNc1ccn2nccc2n1. The standard InChI is InChI=1S/C13H18N4O2/c1-19-13(18)5-3-2-4-8-14-11-7-10-17-12(16-11)6-9-15-17/h6-7,9-10H,2-5,8H2,1H3,(H,14,16). The highest BCUT2D eigenvalue weighted by Crippen LogP contribution is 2.07. The molecule has 2 rings (SSSR count). The molecule has 1 N–H and O–H groups in total. The van der Waals surface area contributed by atoms with Crippen molar-refractivity contribution in [2.24, 2.45) is 0 Å². The van der Waals surface area contributed by atoms with Crippen molar-refractivity contribution in [3.05, 3.63) is 24.5 Å². The van der Waals surface area contributed by atoms with Crippen LogP contribution in [0, 0.1) is 0 Å². The molecule has 0 aliphatic heterocycles. The Balaban J connectivity index is 1.66. The second-order valence-electron chi connectivity index (χ2n) is 4.26. The van der Waals surface area contributed by atoms with Gasteiger partial charge in [0.05, 0.1) is 13.3 Å². The van der Waals surface area contributed by atoms with E-state index in [9.17, 15) is 4.79 Å². The average Bonchev–Trinajstić information content (AvgIpc) is 2.89. The van der Waals surface area contributed by atoms with Crippen LogP contribution in [0.1, 0.15) is 25.7 Å². The van der Waals surface area contributed by atoms with Crippen molar-refractivity contribution in [3.63, 3.8) is 0 Å². The molecule has 2 heterocycles. The first kappa shape index (κ1) is 13.3. The van der Waals surface area contributed by atoms with Crippen molar-refractivity contribution in [1.82, 2.24) is 14.6 Å². The second-order valence-corrected chi connectivity index (χ2v) is 4.26. The third kappa shape index (κ3) is 3.94. The first-order valence-corrected chi connectivity index (χ1v) is 6.40. The number of methoxy groups -OCH3 is 1. The first-order valence-electron chi connectivity index (χ1n) is 6.40. The largest absolute Gasteiger partial charge is 0.469 e. The van der Waals surface area contributed by atoms with E-state index in [0.29, 0.717) is 6.42 Å². The monoisotopic (exact) mass is 262 g/mol. The summed E-state index contributed by atoms with van der Waals surface area (Å²) in [6, 6.07) is 3.76. The summed E-state index contributed by atoms with van der Waals surface area (Å²) in [4.78, 5) is 15.3. The van der Waals surface area contributed by atoms with E-state index in [1.54, 1.807) is 10.7 Å². The molecule has 0 aliphatic carbocycles. The van der Waals surface area contributed by atoms with Gasteiger partial charge in [0.1, 0.15) is 5.82 Å². The summed E-state index contributed by atoms with van der Waals surface area (Å²) in [5, 5.41) is 7.35. The minimum atomic E-state index is -0.138. The van der Waals surface area contributed by atoms with Crippen LogP contribution in [0.4, 0.5) is 5.82 Å². The zero-order valence-corrected chi connectivity index (χ0v) is 11.0. The molecule has 2 aromatic rings. The number of hydrogen-bond donors (Lipinski definition) is 1. The lowest BCUT2D eigenvalue weighted by atomic mass is 10.2. The molecule has 0 amide bonds. The number of nitrogens with zero attached hydrogens (tertiary/aromatic N) is 3. The van der Waals surface area contributed by atoms with Gasteiger partial charge in [-0.25, -0.2) is 9.50 Å². The molecule has 0 aliphatic rings. The number of carbonyl (C=O) groups excluding carboxylic acids is 1. The molecule has 0 atom stereocenters. The van der Waals surface area contributed by atoms with Gasteiger partial charge < -0.3 is 10.1 Å². The number of rotatable bonds is 7. The third-order valence-electron chi connectivity index (χ3n) is 2.85. The fourth-order valence-corrected chi connectivity index (χ4v) is 1.80. The molecule has 6 nitrogen and oxygen atoms in total. The number of carbonyl (C=O) groups is 1. The summed E-state index contributed by atoms with van der Waals surface area (Å²) >= 11 is 0. The molecule has 0 saturated carbocycles. The molecular formula is C13H18N4O2. The highest BCUT2D eigenvalue weighted by Gasteiger charge is 2.00. The fraction of sp³-hybridized carbons (Fsp3) is 0.462. The Kier molecular flexibility index (Phi) is 4.72. The number of anilines is 1. The lowest BCUT2D eigenvalue weighted by Gasteiger charge is -2.05. The third-order valence-corrected chi connectivity index (χ3v) is 2.85. The molecule has 19 heavy (non-hydrogen) atoms. The molecule has 0 unspecified atom stereocenters. The Hall–Kier alpha value is -2.11. The number of aromatic nitrogens is 3. The first-order chi connectivity index (χ1) is 9.29. The van der Waals surface area contributed by atoms with Gasteiger partial charge in [0.2, 0.25) is 0 Å². The van der Waals surface area contributed by atoms with Crippen molar-refractivity contribution in [2.45, 2.75) is 25.7 Å². The Morgan fingerprint density at radius 1 is 1.37 bits per heavy atom. The Bertz CT molecular complexity index is 538. The van der Waals surface area contributed by atoms with Crippen molar-refractivity contribution in [1.29, 1.82) is 0 Å². The van der Waals surface area contributed by atoms with E-state index < -0.39 is 0 Å². The van der Waals surface area contributed by atoms with Gasteiger partial charge in [0.25, 0.3) is 0 Å². The lowest BCUT2D eigenvalue weighted by molar-refractivity contribution is -0.140. The summed E-state index contributed by atoms with van der Waals surface area (Å²) in [7, 11) is 1.42. The summed E-state index contributed by atoms with van der Waals surface area (Å²) in [6.45, 7) is 0.846. The van der Waals surface area contributed by atoms with E-state index in [4.69, 9.17) is 0 Å². The van der Waals surface area contributed by atoms with E-state index in [2.05, 4.69) is 20.1 Å². The Morgan fingerprint density at radius 2 is 2.26 bits per heavy atom. The minimum Gasteiger partial charge on any atom is -0.469 e. The lowest BCUT2D eigenvalue weighted by Crippen LogP contribution is -2.05. The van der Waals surface area contributed by atoms with Crippen LogP contribution in [0.3, 0.4) is 0 Å². The van der Waals surface area contributed by atoms with Gasteiger partial charge in [-0.2, -0.15) is 5.10 Å². The molecule has 102 valence electrons. The van der Waals surface area contributed by atoms with Gasteiger partial charge in [-0.15, -0.1) is 0 Å². The van der Waals surface area contributed by atoms with Crippen LogP contribution in [0.2, 0.25) is 0 Å². The van der Waals surface area contributed by atoms with Crippen LogP contribution in [-0.2, 0) is 9.53 Å². The Labute approximate surface area is 111 Å². The molecule has 0 radical (unpaired) electrons. The summed E-state index contributed by atoms with van der Waals surface area (Å²) < 4.78 is 6.31. The zero-order valence-electron chi connectivity index (χ0n) is 11.0. The quantitative estimate of drug-likeness (QED) is 0.609. The summed E-state index contributed by atoms with van der Waals surface area (Å²) in [5.74, 6) is 0.710. The number of hydrogen-bond acceptors (Lipinski definition) is 5. The van der Waals surface area contributed by atoms with Gasteiger partial charge in [-0.3, -0.25) is 4.79 Å². The maximum atomic E-state index is 10.9. The van der Waals surface area contributed by atoms with Crippen molar-refractivity contribution in [2.75, 3.05) is 19.0 Å². The number of nitrogens with one attached hydrogen (secondary N) is 1. The van der Waals surface area contributed by atoms with Gasteiger partial charge in [0, 0.05) is 25.2 Å². The second kappa shape index (κ2) is 6.72. The van der Waals surface area contributed by atoms with E-state index in [0.717, 1.165) is 37.3 Å². The molecule has 0 spiro atoms. The van der Waals surface area contributed by atoms with Crippen molar-refractivity contribution in [3.8, 4) is 0 Å². The molecular weight excluding hydrogens is 244 g/mol. The Morgan fingerprint density at radius 3 is 3.11 bits per heavy atom. The summed E-state index contributed by atoms with van der Waals surface area (Å²) in [6.07, 6.45) is 6.96. The predicted octanol–water partition coefficient (Wildman–Crippen LogP) is 1.87. The molecule has 0 aromatic carbocycles. The molecule has 2 aromatic heterocycles. The van der Waals surface area contributed by atoms with E-state index in [-0.39, 0.29) is 5.97 Å². The molecule has 0 fully saturated rings. The maximum absolute atomic E-state index is 10.9.